The first-order valence-electron chi connectivity index (χ1n) is 17.9. The Balaban J connectivity index is 1.38. The van der Waals surface area contributed by atoms with Crippen LogP contribution in [0.3, 0.4) is 0 Å². The number of nitrogens with zero attached hydrogens (tertiary/aromatic N) is 8. The third-order valence-corrected chi connectivity index (χ3v) is 11.5. The first kappa shape index (κ1) is 39.7. The molecule has 2 heterocycles. The maximum atomic E-state index is 14.7. The van der Waals surface area contributed by atoms with Crippen LogP contribution in [-0.2, 0) is 19.2 Å². The zero-order chi connectivity index (χ0) is 43.1. The van der Waals surface area contributed by atoms with Gasteiger partial charge in [-0.15, -0.1) is 0 Å². The molecule has 7 rings (SSSR count). The molecule has 6 atom stereocenters. The lowest BCUT2D eigenvalue weighted by molar-refractivity contribution is -0.392. The number of aromatic hydroxyl groups is 1. The van der Waals surface area contributed by atoms with Crippen LogP contribution in [0.25, 0.3) is 0 Å². The molecule has 1 saturated carbocycles. The Labute approximate surface area is 332 Å². The fourth-order valence-electron chi connectivity index (χ4n) is 9.31. The molecule has 22 heteroatoms. The largest absolute Gasteiger partial charge is 0.508 e. The molecular weight excluding hydrogens is 780 g/mol. The Hall–Kier alpha value is -7.52. The Morgan fingerprint density at radius 3 is 1.51 bits per heavy atom. The summed E-state index contributed by atoms with van der Waals surface area (Å²) < 4.78 is 5.59. The second-order valence-electron chi connectivity index (χ2n) is 15.0. The zero-order valence-corrected chi connectivity index (χ0v) is 31.8. The number of imide groups is 2. The molecule has 2 saturated heterocycles. The number of fused-ring (bicyclic) bond motifs is 4. The van der Waals surface area contributed by atoms with E-state index in [1.807, 2.05) is 0 Å². The van der Waals surface area contributed by atoms with Crippen molar-refractivity contribution in [2.24, 2.45) is 29.6 Å². The lowest BCUT2D eigenvalue weighted by Crippen LogP contribution is -2.43. The van der Waals surface area contributed by atoms with E-state index in [-0.39, 0.29) is 35.7 Å². The number of phenols is 1. The van der Waals surface area contributed by atoms with Crippen LogP contribution in [0.2, 0.25) is 0 Å². The summed E-state index contributed by atoms with van der Waals surface area (Å²) in [4.78, 5) is 107. The van der Waals surface area contributed by atoms with Gasteiger partial charge in [-0.05, 0) is 24.8 Å². The number of nitro groups is 4. The molecule has 2 aliphatic carbocycles. The number of benzene rings is 3. The summed E-state index contributed by atoms with van der Waals surface area (Å²) in [6, 6.07) is 7.65. The molecule has 59 heavy (non-hydrogen) atoms. The summed E-state index contributed by atoms with van der Waals surface area (Å²) in [6.07, 6.45) is 1.36. The SMILES string of the molecule is COc1cc(O)ccc1C1C2=CCC3C(=O)N(c4cc([N+](=O)[O-])c(N(C)C)c([N+](=O)[O-])c4)C(=O)C3C2CC2C(=O)N(c3cc([N+](=O)[O-])c(N(C)C)c([N+](=O)[O-])c3)C(=O)C21. The van der Waals surface area contributed by atoms with Gasteiger partial charge in [0.15, 0.2) is 11.4 Å². The number of amides is 4. The number of methoxy groups -OCH3 is 1. The molecule has 306 valence electrons. The fourth-order valence-corrected chi connectivity index (χ4v) is 9.31. The van der Waals surface area contributed by atoms with Gasteiger partial charge in [0, 0.05) is 70.0 Å². The normalized spacial score (nSPS) is 23.3. The molecular formula is C37H34N8O14. The van der Waals surface area contributed by atoms with Gasteiger partial charge in [-0.25, -0.2) is 9.80 Å². The predicted octanol–water partition coefficient (Wildman–Crippen LogP) is 4.21. The van der Waals surface area contributed by atoms with E-state index < -0.39 is 113 Å². The lowest BCUT2D eigenvalue weighted by atomic mass is 9.57. The van der Waals surface area contributed by atoms with Gasteiger partial charge in [-0.3, -0.25) is 59.6 Å². The van der Waals surface area contributed by atoms with Gasteiger partial charge >= 0.3 is 22.7 Å². The minimum atomic E-state index is -1.27. The van der Waals surface area contributed by atoms with E-state index in [2.05, 4.69) is 0 Å². The molecule has 4 aliphatic rings. The van der Waals surface area contributed by atoms with Gasteiger partial charge in [0.25, 0.3) is 0 Å². The third kappa shape index (κ3) is 6.01. The molecule has 6 unspecified atom stereocenters. The van der Waals surface area contributed by atoms with E-state index in [9.17, 15) is 64.7 Å². The van der Waals surface area contributed by atoms with Crippen molar-refractivity contribution in [1.29, 1.82) is 0 Å². The Kier molecular flexibility index (Phi) is 9.52. The van der Waals surface area contributed by atoms with E-state index in [1.165, 1.54) is 53.5 Å². The molecule has 0 spiro atoms. The molecule has 0 bridgehead atoms. The predicted molar refractivity (Wildman–Crippen MR) is 205 cm³/mol. The van der Waals surface area contributed by atoms with Crippen molar-refractivity contribution in [3.63, 3.8) is 0 Å². The fraction of sp³-hybridized carbons (Fsp3) is 0.351. The topological polar surface area (TPSA) is 283 Å². The number of anilines is 4. The van der Waals surface area contributed by atoms with Crippen molar-refractivity contribution >= 4 is 69.1 Å². The zero-order valence-electron chi connectivity index (χ0n) is 31.8. The standard InChI is InChI=1S/C37H34N8O14/c1-38(2)32-24(42(51)52)10-16(11-25(32)43(53)54)40-34(47)21-9-8-19-22(30(21)36(40)49)15-23-31(29(19)20-7-6-18(46)14-28(20)59-5)37(50)41(35(23)48)17-12-26(44(55)56)33(39(3)4)27(13-17)45(57)58/h6-8,10-14,21-23,29-31,46H,9,15H2,1-5H3. The van der Waals surface area contributed by atoms with E-state index in [0.717, 1.165) is 34.1 Å². The number of phenolic OH excluding ortho intramolecular Hbond substituents is 1. The lowest BCUT2D eigenvalue weighted by Gasteiger charge is -2.44. The summed E-state index contributed by atoms with van der Waals surface area (Å²) in [7, 11) is 6.72. The summed E-state index contributed by atoms with van der Waals surface area (Å²) in [5, 5.41) is 59.1. The van der Waals surface area contributed by atoms with Crippen molar-refractivity contribution in [2.45, 2.75) is 18.8 Å². The van der Waals surface area contributed by atoms with E-state index in [1.54, 1.807) is 6.08 Å². The average Bonchev–Trinajstić information content (AvgIpc) is 3.58. The van der Waals surface area contributed by atoms with Gasteiger partial charge < -0.3 is 19.6 Å². The van der Waals surface area contributed by atoms with Crippen LogP contribution in [0.1, 0.15) is 24.3 Å². The van der Waals surface area contributed by atoms with Gasteiger partial charge in [-0.2, -0.15) is 0 Å². The first-order chi connectivity index (χ1) is 27.8. The van der Waals surface area contributed by atoms with Crippen LogP contribution in [0.5, 0.6) is 11.5 Å². The summed E-state index contributed by atoms with van der Waals surface area (Å²) >= 11 is 0. The molecule has 4 amide bonds. The number of rotatable bonds is 10. The third-order valence-electron chi connectivity index (χ3n) is 11.5. The molecule has 3 aromatic carbocycles. The highest BCUT2D eigenvalue weighted by molar-refractivity contribution is 6.24. The highest BCUT2D eigenvalue weighted by atomic mass is 16.6. The van der Waals surface area contributed by atoms with E-state index in [0.29, 0.717) is 20.9 Å². The van der Waals surface area contributed by atoms with Gasteiger partial charge in [0.05, 0.1) is 61.8 Å². The number of nitro benzene ring substituents is 4. The molecule has 0 aromatic heterocycles. The Morgan fingerprint density at radius 2 is 1.08 bits per heavy atom. The van der Waals surface area contributed by atoms with E-state index >= 15 is 0 Å². The maximum absolute atomic E-state index is 14.7. The molecule has 3 aromatic rings. The highest BCUT2D eigenvalue weighted by Gasteiger charge is 2.63. The monoisotopic (exact) mass is 814 g/mol. The minimum absolute atomic E-state index is 0.0813. The van der Waals surface area contributed by atoms with Crippen molar-refractivity contribution in [2.75, 3.05) is 54.9 Å². The van der Waals surface area contributed by atoms with Crippen LogP contribution in [-0.4, -0.2) is 83.7 Å². The summed E-state index contributed by atoms with van der Waals surface area (Å²) in [6.45, 7) is 0. The Morgan fingerprint density at radius 1 is 0.644 bits per heavy atom. The van der Waals surface area contributed by atoms with Crippen LogP contribution in [0.15, 0.2) is 54.1 Å². The quantitative estimate of drug-likeness (QED) is 0.130. The van der Waals surface area contributed by atoms with Crippen molar-refractivity contribution < 1.29 is 48.7 Å². The van der Waals surface area contributed by atoms with Crippen molar-refractivity contribution in [3.05, 3.63) is 100 Å². The molecule has 3 fully saturated rings. The summed E-state index contributed by atoms with van der Waals surface area (Å²) in [5.74, 6) is -10.4. The van der Waals surface area contributed by atoms with Gasteiger partial charge in [0.1, 0.15) is 11.5 Å². The Bertz CT molecular complexity index is 2410. The number of hydrogen-bond acceptors (Lipinski definition) is 16. The second-order valence-corrected chi connectivity index (χ2v) is 15.0. The second kappa shape index (κ2) is 14.1. The summed E-state index contributed by atoms with van der Waals surface area (Å²) in [5.41, 5.74) is -3.81. The number of allylic oxidation sites excluding steroid dienone is 2. The van der Waals surface area contributed by atoms with Crippen LogP contribution in [0.4, 0.5) is 45.5 Å². The van der Waals surface area contributed by atoms with Gasteiger partial charge in [0.2, 0.25) is 23.6 Å². The van der Waals surface area contributed by atoms with Crippen LogP contribution < -0.4 is 24.3 Å². The number of carbonyl (C=O) groups is 4. The molecule has 1 N–H and O–H groups in total. The van der Waals surface area contributed by atoms with Crippen molar-refractivity contribution in [3.8, 4) is 11.5 Å². The highest BCUT2D eigenvalue weighted by Crippen LogP contribution is 2.60. The van der Waals surface area contributed by atoms with Crippen LogP contribution >= 0.6 is 0 Å². The number of carbonyl (C=O) groups excluding carboxylic acids is 4. The number of ether oxygens (including phenoxy) is 1. The average molecular weight is 815 g/mol. The van der Waals surface area contributed by atoms with Crippen molar-refractivity contribution in [1.82, 2.24) is 0 Å². The van der Waals surface area contributed by atoms with Crippen LogP contribution in [0, 0.1) is 70.0 Å². The van der Waals surface area contributed by atoms with Gasteiger partial charge in [-0.1, -0.05) is 17.7 Å². The molecule has 0 radical (unpaired) electrons. The maximum Gasteiger partial charge on any atom is 0.301 e. The minimum Gasteiger partial charge on any atom is -0.508 e. The number of hydrogen-bond donors (Lipinski definition) is 1. The molecule has 22 nitrogen and oxygen atoms in total. The van der Waals surface area contributed by atoms with E-state index in [4.69, 9.17) is 4.74 Å². The smallest absolute Gasteiger partial charge is 0.301 e. The molecule has 2 aliphatic heterocycles. The first-order valence-corrected chi connectivity index (χ1v) is 17.9.